The van der Waals surface area contributed by atoms with Crippen molar-refractivity contribution in [2.24, 2.45) is 0 Å². The molecule has 0 spiro atoms. The number of ether oxygens (including phenoxy) is 2. The number of pyridine rings is 1. The van der Waals surface area contributed by atoms with E-state index in [4.69, 9.17) is 13.9 Å². The number of amides is 1. The third-order valence-electron chi connectivity index (χ3n) is 6.41. The molecular formula is C28H30FN3O6S. The number of benzene rings is 2. The van der Waals surface area contributed by atoms with E-state index >= 15 is 0 Å². The Bertz CT molecular complexity index is 1560. The molecule has 2 heterocycles. The molecule has 4 rings (SSSR count). The number of nitrogens with zero attached hydrogens (tertiary/aromatic N) is 2. The third-order valence-corrected chi connectivity index (χ3v) is 7.19. The normalized spacial score (nSPS) is 11.1. The monoisotopic (exact) mass is 555 g/mol. The van der Waals surface area contributed by atoms with Gasteiger partial charge in [-0.15, -0.1) is 0 Å². The van der Waals surface area contributed by atoms with Crippen molar-refractivity contribution >= 4 is 33.7 Å². The Kier molecular flexibility index (Phi) is 8.70. The van der Waals surface area contributed by atoms with Crippen LogP contribution >= 0.6 is 0 Å². The van der Waals surface area contributed by atoms with E-state index in [0.29, 0.717) is 47.3 Å². The van der Waals surface area contributed by atoms with Gasteiger partial charge in [-0.2, -0.15) is 4.98 Å². The molecule has 0 atom stereocenters. The number of thiol groups is 1. The lowest BCUT2D eigenvalue weighted by Crippen LogP contribution is -2.25. The first-order valence-corrected chi connectivity index (χ1v) is 13.5. The van der Waals surface area contributed by atoms with Crippen molar-refractivity contribution in [2.45, 2.75) is 26.2 Å². The van der Waals surface area contributed by atoms with Gasteiger partial charge in [0.25, 0.3) is 5.91 Å². The van der Waals surface area contributed by atoms with Crippen molar-refractivity contribution in [1.29, 1.82) is 0 Å². The van der Waals surface area contributed by atoms with Crippen molar-refractivity contribution < 1.29 is 31.5 Å². The van der Waals surface area contributed by atoms with Gasteiger partial charge in [0.15, 0.2) is 11.5 Å². The minimum Gasteiger partial charge on any atom is -0.493 e. The predicted molar refractivity (Wildman–Crippen MR) is 148 cm³/mol. The van der Waals surface area contributed by atoms with Gasteiger partial charge in [0, 0.05) is 19.2 Å². The second-order valence-electron chi connectivity index (χ2n) is 8.72. The summed E-state index contributed by atoms with van der Waals surface area (Å²) in [5, 5.41) is 3.05. The molecule has 4 aromatic rings. The average Bonchev–Trinajstić information content (AvgIpc) is 3.32. The minimum absolute atomic E-state index is 0.113. The number of furan rings is 1. The fraction of sp³-hybridized carbons (Fsp3) is 0.286. The minimum atomic E-state index is -3.02. The highest BCUT2D eigenvalue weighted by molar-refractivity contribution is 7.74. The second-order valence-corrected chi connectivity index (χ2v) is 9.68. The van der Waals surface area contributed by atoms with Gasteiger partial charge in [-0.05, 0) is 72.9 Å². The molecule has 0 bridgehead atoms. The Labute approximate surface area is 227 Å². The molecular weight excluding hydrogens is 525 g/mol. The number of carbonyl (C=O) groups excluding carboxylic acids is 1. The molecule has 39 heavy (non-hydrogen) atoms. The first-order chi connectivity index (χ1) is 18.8. The highest BCUT2D eigenvalue weighted by atomic mass is 32.2. The van der Waals surface area contributed by atoms with Crippen LogP contribution in [0.5, 0.6) is 11.5 Å². The van der Waals surface area contributed by atoms with E-state index in [9.17, 15) is 17.6 Å². The zero-order valence-electron chi connectivity index (χ0n) is 22.1. The van der Waals surface area contributed by atoms with Crippen LogP contribution in [-0.2, 0) is 23.7 Å². The summed E-state index contributed by atoms with van der Waals surface area (Å²) in [5.41, 5.74) is 2.47. The average molecular weight is 556 g/mol. The van der Waals surface area contributed by atoms with Gasteiger partial charge in [-0.25, -0.2) is 12.8 Å². The zero-order valence-corrected chi connectivity index (χ0v) is 23.0. The summed E-state index contributed by atoms with van der Waals surface area (Å²) < 4.78 is 56.1. The Morgan fingerprint density at radius 1 is 1.08 bits per heavy atom. The van der Waals surface area contributed by atoms with Crippen molar-refractivity contribution in [3.05, 3.63) is 71.0 Å². The molecule has 0 aliphatic heterocycles. The Morgan fingerprint density at radius 3 is 2.41 bits per heavy atom. The summed E-state index contributed by atoms with van der Waals surface area (Å²) >= 11 is 0. The van der Waals surface area contributed by atoms with Crippen LogP contribution in [0.2, 0.25) is 0 Å². The van der Waals surface area contributed by atoms with Gasteiger partial charge in [-0.1, -0.05) is 13.0 Å². The molecule has 0 aliphatic carbocycles. The summed E-state index contributed by atoms with van der Waals surface area (Å²) in [6.45, 7) is 2.07. The summed E-state index contributed by atoms with van der Waals surface area (Å²) in [6.07, 6.45) is 1.59. The van der Waals surface area contributed by atoms with E-state index < -0.39 is 22.6 Å². The molecule has 0 unspecified atom stereocenters. The quantitative estimate of drug-likeness (QED) is 0.262. The number of nitrogens with one attached hydrogen (secondary N) is 1. The highest BCUT2D eigenvalue weighted by Gasteiger charge is 2.25. The number of aromatic nitrogens is 1. The van der Waals surface area contributed by atoms with E-state index in [1.54, 1.807) is 20.3 Å². The van der Waals surface area contributed by atoms with E-state index in [1.165, 1.54) is 35.6 Å². The van der Waals surface area contributed by atoms with Crippen LogP contribution < -0.4 is 19.1 Å². The summed E-state index contributed by atoms with van der Waals surface area (Å²) in [7, 11) is 1.61. The number of anilines is 1. The van der Waals surface area contributed by atoms with E-state index in [1.807, 2.05) is 25.1 Å². The molecule has 206 valence electrons. The number of fused-ring (bicyclic) bond motifs is 1. The number of hydrogen-bond donors (Lipinski definition) is 2. The van der Waals surface area contributed by atoms with Gasteiger partial charge in [0.05, 0.1) is 25.2 Å². The van der Waals surface area contributed by atoms with Crippen LogP contribution in [0.4, 0.5) is 10.2 Å². The summed E-state index contributed by atoms with van der Waals surface area (Å²) in [5.74, 6) is 0.868. The number of aryl methyl sites for hydroxylation is 2. The van der Waals surface area contributed by atoms with Gasteiger partial charge in [0.1, 0.15) is 17.4 Å². The first-order valence-electron chi connectivity index (χ1n) is 12.4. The molecule has 2 aromatic heterocycles. The molecule has 11 heteroatoms. The number of halogens is 1. The zero-order chi connectivity index (χ0) is 28.1. The van der Waals surface area contributed by atoms with E-state index in [0.717, 1.165) is 5.56 Å². The lowest BCUT2D eigenvalue weighted by molar-refractivity contribution is 0.0964. The maximum absolute atomic E-state index is 13.5. The maximum Gasteiger partial charge on any atom is 0.255 e. The second kappa shape index (κ2) is 12.2. The highest BCUT2D eigenvalue weighted by Crippen LogP contribution is 2.36. The third kappa shape index (κ3) is 5.83. The number of methoxy groups -OCH3 is 2. The van der Waals surface area contributed by atoms with Crippen molar-refractivity contribution in [3.63, 3.8) is 0 Å². The Balaban J connectivity index is 1.70. The number of rotatable bonds is 11. The molecule has 0 aliphatic rings. The number of hydrogen-bond acceptors (Lipinski definition) is 7. The lowest BCUT2D eigenvalue weighted by atomic mass is 10.0. The predicted octanol–water partition coefficient (Wildman–Crippen LogP) is 4.54. The fourth-order valence-electron chi connectivity index (χ4n) is 4.43. The van der Waals surface area contributed by atoms with Crippen LogP contribution in [0.25, 0.3) is 22.4 Å². The van der Waals surface area contributed by atoms with Crippen molar-refractivity contribution in [3.8, 4) is 22.8 Å². The summed E-state index contributed by atoms with van der Waals surface area (Å²) in [4.78, 5) is 17.4. The molecule has 1 amide bonds. The molecule has 0 fully saturated rings. The van der Waals surface area contributed by atoms with Crippen molar-refractivity contribution in [2.75, 3.05) is 32.1 Å². The molecule has 2 aromatic carbocycles. The van der Waals surface area contributed by atoms with Gasteiger partial charge < -0.3 is 19.2 Å². The van der Waals surface area contributed by atoms with Crippen LogP contribution in [0.1, 0.15) is 34.8 Å². The van der Waals surface area contributed by atoms with Crippen LogP contribution in [-0.4, -0.2) is 47.1 Å². The Hall–Kier alpha value is -4.12. The Morgan fingerprint density at radius 2 is 1.79 bits per heavy atom. The van der Waals surface area contributed by atoms with E-state index in [-0.39, 0.29) is 29.4 Å². The topological polar surface area (TPSA) is 111 Å². The van der Waals surface area contributed by atoms with Gasteiger partial charge in [0.2, 0.25) is 16.6 Å². The molecule has 0 saturated carbocycles. The van der Waals surface area contributed by atoms with Crippen LogP contribution in [0.3, 0.4) is 0 Å². The maximum atomic E-state index is 13.5. The molecule has 0 saturated heterocycles. The number of carbonyl (C=O) groups is 1. The standard InChI is InChI=1S/C28H30FN3O6S/c1-5-18-16-21-24(27(33)30-2)25(19-9-11-20(29)12-10-19)38-28(21)31-26(18)32(39(34)35)14-6-7-17-8-13-22(36-3)23(15-17)37-4/h8-13,15-16,39H,5-7,14H2,1-4H3,(H,30,33). The van der Waals surface area contributed by atoms with Gasteiger partial charge in [-0.3, -0.25) is 9.10 Å². The molecule has 0 radical (unpaired) electrons. The summed E-state index contributed by atoms with van der Waals surface area (Å²) in [6, 6.07) is 12.9. The lowest BCUT2D eigenvalue weighted by Gasteiger charge is -2.19. The van der Waals surface area contributed by atoms with Crippen molar-refractivity contribution in [1.82, 2.24) is 10.3 Å². The van der Waals surface area contributed by atoms with Crippen LogP contribution in [0.15, 0.2) is 52.9 Å². The molecule has 9 nitrogen and oxygen atoms in total. The largest absolute Gasteiger partial charge is 0.493 e. The van der Waals surface area contributed by atoms with E-state index in [2.05, 4.69) is 10.3 Å². The SMILES string of the molecule is CCc1cc2c(C(=O)NC)c(-c3ccc(F)cc3)oc2nc1N(CCCc1ccc(OC)c(OC)c1)[SH](=O)=O. The molecule has 1 N–H and O–H groups in total. The smallest absolute Gasteiger partial charge is 0.255 e. The van der Waals surface area contributed by atoms with Crippen LogP contribution in [0, 0.1) is 5.82 Å². The first kappa shape index (κ1) is 27.9. The fourth-order valence-corrected chi connectivity index (χ4v) is 5.06. The van der Waals surface area contributed by atoms with Gasteiger partial charge >= 0.3 is 0 Å².